The summed E-state index contributed by atoms with van der Waals surface area (Å²) < 4.78 is 16.0. The number of rotatable bonds is 2. The van der Waals surface area contributed by atoms with Crippen molar-refractivity contribution in [3.63, 3.8) is 0 Å². The van der Waals surface area contributed by atoms with Gasteiger partial charge >= 0.3 is 0 Å². The predicted octanol–water partition coefficient (Wildman–Crippen LogP) is -1.42. The Labute approximate surface area is 87.4 Å². The molecular formula is C9H16O6. The van der Waals surface area contributed by atoms with Gasteiger partial charge in [-0.05, 0) is 13.8 Å². The summed E-state index contributed by atoms with van der Waals surface area (Å²) in [5.41, 5.74) is 0. The fourth-order valence-corrected chi connectivity index (χ4v) is 2.02. The lowest BCUT2D eigenvalue weighted by Gasteiger charge is -2.24. The minimum absolute atomic E-state index is 0.440. The fourth-order valence-electron chi connectivity index (χ4n) is 2.02. The fraction of sp³-hybridized carbons (Fsp3) is 1.00. The topological polar surface area (TPSA) is 88.4 Å². The minimum Gasteiger partial charge on any atom is -0.394 e. The third kappa shape index (κ3) is 1.89. The molecule has 0 bridgehead atoms. The van der Waals surface area contributed by atoms with Crippen LogP contribution in [0.4, 0.5) is 0 Å². The van der Waals surface area contributed by atoms with E-state index in [2.05, 4.69) is 0 Å². The monoisotopic (exact) mass is 220 g/mol. The van der Waals surface area contributed by atoms with Crippen molar-refractivity contribution in [3.05, 3.63) is 0 Å². The highest BCUT2D eigenvalue weighted by Crippen LogP contribution is 2.38. The smallest absolute Gasteiger partial charge is 0.184 e. The summed E-state index contributed by atoms with van der Waals surface area (Å²) in [5, 5.41) is 27.8. The van der Waals surface area contributed by atoms with Crippen molar-refractivity contribution in [2.24, 2.45) is 0 Å². The van der Waals surface area contributed by atoms with Gasteiger partial charge in [0.25, 0.3) is 0 Å². The molecule has 0 radical (unpaired) electrons. The second kappa shape index (κ2) is 3.65. The number of aliphatic hydroxyl groups excluding tert-OH is 3. The van der Waals surface area contributed by atoms with Crippen LogP contribution in [0.3, 0.4) is 0 Å². The van der Waals surface area contributed by atoms with E-state index in [-0.39, 0.29) is 0 Å². The van der Waals surface area contributed by atoms with Crippen molar-refractivity contribution in [3.8, 4) is 0 Å². The van der Waals surface area contributed by atoms with Gasteiger partial charge < -0.3 is 29.5 Å². The molecule has 2 rings (SSSR count). The molecular weight excluding hydrogens is 204 g/mol. The number of fused-ring (bicyclic) bond motifs is 1. The molecule has 0 aromatic rings. The highest BCUT2D eigenvalue weighted by molar-refractivity contribution is 4.97. The van der Waals surface area contributed by atoms with Crippen LogP contribution in [0.25, 0.3) is 0 Å². The summed E-state index contributed by atoms with van der Waals surface area (Å²) in [6, 6.07) is 0. The number of hydrogen-bond donors (Lipinski definition) is 3. The lowest BCUT2D eigenvalue weighted by Crippen LogP contribution is -2.40. The van der Waals surface area contributed by atoms with Crippen LogP contribution in [0.5, 0.6) is 0 Å². The maximum atomic E-state index is 9.53. The first-order chi connectivity index (χ1) is 6.94. The van der Waals surface area contributed by atoms with Crippen LogP contribution in [0, 0.1) is 0 Å². The van der Waals surface area contributed by atoms with Crippen LogP contribution >= 0.6 is 0 Å². The molecule has 6 heteroatoms. The zero-order chi connectivity index (χ0) is 11.2. The molecule has 3 N–H and O–H groups in total. The van der Waals surface area contributed by atoms with Gasteiger partial charge in [-0.1, -0.05) is 0 Å². The normalized spacial score (nSPS) is 45.4. The Morgan fingerprint density at radius 1 is 1.27 bits per heavy atom. The molecule has 2 saturated heterocycles. The third-order valence-electron chi connectivity index (χ3n) is 2.63. The van der Waals surface area contributed by atoms with Gasteiger partial charge in [0.2, 0.25) is 0 Å². The second-order valence-corrected chi connectivity index (χ2v) is 4.31. The maximum Gasteiger partial charge on any atom is 0.184 e. The van der Waals surface area contributed by atoms with Crippen LogP contribution in [0.15, 0.2) is 0 Å². The molecule has 0 saturated carbocycles. The Hall–Kier alpha value is -0.240. The van der Waals surface area contributed by atoms with E-state index in [9.17, 15) is 10.2 Å². The summed E-state index contributed by atoms with van der Waals surface area (Å²) >= 11 is 0. The molecule has 0 aliphatic carbocycles. The van der Waals surface area contributed by atoms with Gasteiger partial charge in [-0.3, -0.25) is 0 Å². The van der Waals surface area contributed by atoms with E-state index < -0.39 is 43.1 Å². The Morgan fingerprint density at radius 2 is 1.87 bits per heavy atom. The molecule has 0 aromatic carbocycles. The van der Waals surface area contributed by atoms with Gasteiger partial charge in [0.05, 0.1) is 6.61 Å². The van der Waals surface area contributed by atoms with Crippen molar-refractivity contribution in [1.82, 2.24) is 0 Å². The van der Waals surface area contributed by atoms with Gasteiger partial charge in [0.1, 0.15) is 24.4 Å². The molecule has 6 nitrogen and oxygen atoms in total. The first kappa shape index (κ1) is 11.3. The lowest BCUT2D eigenvalue weighted by molar-refractivity contribution is -0.231. The van der Waals surface area contributed by atoms with Crippen molar-refractivity contribution in [2.45, 2.75) is 50.3 Å². The molecule has 0 spiro atoms. The van der Waals surface area contributed by atoms with Gasteiger partial charge in [0, 0.05) is 0 Å². The molecule has 2 aliphatic rings. The van der Waals surface area contributed by atoms with Gasteiger partial charge in [-0.25, -0.2) is 0 Å². The van der Waals surface area contributed by atoms with Crippen molar-refractivity contribution in [1.29, 1.82) is 0 Å². The zero-order valence-electron chi connectivity index (χ0n) is 8.66. The molecule has 5 atom stereocenters. The van der Waals surface area contributed by atoms with E-state index in [0.717, 1.165) is 0 Å². The summed E-state index contributed by atoms with van der Waals surface area (Å²) in [7, 11) is 0. The number of aliphatic hydroxyl groups is 3. The van der Waals surface area contributed by atoms with Gasteiger partial charge in [0.15, 0.2) is 12.1 Å². The quantitative estimate of drug-likeness (QED) is 0.529. The first-order valence-corrected chi connectivity index (χ1v) is 4.93. The van der Waals surface area contributed by atoms with Gasteiger partial charge in [-0.15, -0.1) is 0 Å². The molecule has 0 amide bonds. The van der Waals surface area contributed by atoms with E-state index in [4.69, 9.17) is 19.3 Å². The minimum atomic E-state index is -1.12. The van der Waals surface area contributed by atoms with Crippen LogP contribution in [0.1, 0.15) is 13.8 Å². The summed E-state index contributed by atoms with van der Waals surface area (Å²) in [6.45, 7) is 3.01. The van der Waals surface area contributed by atoms with Crippen molar-refractivity contribution < 1.29 is 29.5 Å². The second-order valence-electron chi connectivity index (χ2n) is 4.31. The third-order valence-corrected chi connectivity index (χ3v) is 2.63. The molecule has 15 heavy (non-hydrogen) atoms. The highest BCUT2D eigenvalue weighted by atomic mass is 16.8. The predicted molar refractivity (Wildman–Crippen MR) is 47.8 cm³/mol. The molecule has 2 aliphatic heterocycles. The van der Waals surface area contributed by atoms with Crippen LogP contribution < -0.4 is 0 Å². The molecule has 1 unspecified atom stereocenters. The van der Waals surface area contributed by atoms with Crippen molar-refractivity contribution >= 4 is 0 Å². The van der Waals surface area contributed by atoms with Crippen molar-refractivity contribution in [2.75, 3.05) is 6.61 Å². The standard InChI is InChI=1S/C9H16O6/c1-9(2)14-6-5(4(11)3-10)13-8(12)7(6)15-9/h4-8,10-12H,3H2,1-2H3/t4-,5+,6-,7-,8?/m1/s1. The van der Waals surface area contributed by atoms with E-state index >= 15 is 0 Å². The largest absolute Gasteiger partial charge is 0.394 e. The lowest BCUT2D eigenvalue weighted by atomic mass is 10.1. The SMILES string of the molecule is CC1(C)O[C@@H]2[C@H]([C@H](O)CO)OC(O)[C@@H]2O1. The summed E-state index contributed by atoms with van der Waals surface area (Å²) in [5.74, 6) is -0.798. The number of ether oxygens (including phenoxy) is 3. The zero-order valence-corrected chi connectivity index (χ0v) is 8.66. The van der Waals surface area contributed by atoms with Gasteiger partial charge in [-0.2, -0.15) is 0 Å². The Balaban J connectivity index is 2.12. The summed E-state index contributed by atoms with van der Waals surface area (Å²) in [6.07, 6.45) is -4.10. The molecule has 0 aromatic heterocycles. The van der Waals surface area contributed by atoms with E-state index in [0.29, 0.717) is 0 Å². The summed E-state index contributed by atoms with van der Waals surface area (Å²) in [4.78, 5) is 0. The average molecular weight is 220 g/mol. The highest BCUT2D eigenvalue weighted by Gasteiger charge is 2.56. The van der Waals surface area contributed by atoms with E-state index in [1.54, 1.807) is 13.8 Å². The molecule has 2 fully saturated rings. The first-order valence-electron chi connectivity index (χ1n) is 4.93. The van der Waals surface area contributed by atoms with Crippen LogP contribution in [0.2, 0.25) is 0 Å². The van der Waals surface area contributed by atoms with E-state index in [1.165, 1.54) is 0 Å². The Morgan fingerprint density at radius 3 is 2.47 bits per heavy atom. The van der Waals surface area contributed by atoms with Crippen LogP contribution in [-0.2, 0) is 14.2 Å². The van der Waals surface area contributed by atoms with Crippen LogP contribution in [-0.4, -0.2) is 58.4 Å². The maximum absolute atomic E-state index is 9.53. The molecule has 88 valence electrons. The molecule has 2 heterocycles. The number of hydrogen-bond acceptors (Lipinski definition) is 6. The average Bonchev–Trinajstić information content (AvgIpc) is 2.61. The Kier molecular flexibility index (Phi) is 2.74. The Bertz CT molecular complexity index is 243. The van der Waals surface area contributed by atoms with E-state index in [1.807, 2.05) is 0 Å².